The minimum atomic E-state index is -1.20. The van der Waals surface area contributed by atoms with Crippen molar-refractivity contribution in [3.8, 4) is 0 Å². The van der Waals surface area contributed by atoms with Crippen LogP contribution in [0, 0.1) is 0 Å². The smallest absolute Gasteiger partial charge is 0.337 e. The van der Waals surface area contributed by atoms with E-state index >= 15 is 0 Å². The van der Waals surface area contributed by atoms with Crippen LogP contribution in [0.1, 0.15) is 10.4 Å². The van der Waals surface area contributed by atoms with Gasteiger partial charge < -0.3 is 5.11 Å². The van der Waals surface area contributed by atoms with E-state index in [9.17, 15) is 14.4 Å². The van der Waals surface area contributed by atoms with Crippen LogP contribution in [0.3, 0.4) is 0 Å². The van der Waals surface area contributed by atoms with Crippen LogP contribution in [0.25, 0.3) is 0 Å². The fourth-order valence-electron chi connectivity index (χ4n) is 1.43. The number of nitrogens with one attached hydrogen (secondary N) is 2. The molecule has 1 aromatic carbocycles. The number of rotatable bonds is 2. The molecule has 0 atom stereocenters. The maximum absolute atomic E-state index is 11.6. The van der Waals surface area contributed by atoms with Gasteiger partial charge in [-0.1, -0.05) is 12.1 Å². The summed E-state index contributed by atoms with van der Waals surface area (Å²) in [6.07, 6.45) is 0. The number of amides is 2. The summed E-state index contributed by atoms with van der Waals surface area (Å²) in [5, 5.41) is 13.3. The van der Waals surface area contributed by atoms with Gasteiger partial charge in [0.25, 0.3) is 11.8 Å². The Morgan fingerprint density at radius 1 is 1.16 bits per heavy atom. The molecular formula is C11H7N3O4S. The Morgan fingerprint density at radius 2 is 1.74 bits per heavy atom. The fourth-order valence-corrected chi connectivity index (χ4v) is 1.62. The fraction of sp³-hybridized carbons (Fsp3) is 0. The number of thiocarbonyl (C=S) groups is 1. The molecule has 96 valence electrons. The second-order valence-electron chi connectivity index (χ2n) is 3.52. The van der Waals surface area contributed by atoms with E-state index in [1.54, 1.807) is 6.07 Å². The molecule has 0 radical (unpaired) electrons. The zero-order chi connectivity index (χ0) is 14.0. The highest BCUT2D eigenvalue weighted by atomic mass is 32.1. The number of carboxylic acid groups (broad SMARTS) is 1. The van der Waals surface area contributed by atoms with Crippen molar-refractivity contribution in [3.63, 3.8) is 0 Å². The average Bonchev–Trinajstić information content (AvgIpc) is 2.34. The van der Waals surface area contributed by atoms with Gasteiger partial charge in [0, 0.05) is 0 Å². The van der Waals surface area contributed by atoms with Crippen molar-refractivity contribution in [2.75, 3.05) is 0 Å². The number of hydrogen-bond donors (Lipinski definition) is 3. The summed E-state index contributed by atoms with van der Waals surface area (Å²) in [5.74, 6) is -2.74. The molecule has 1 saturated heterocycles. The van der Waals surface area contributed by atoms with Crippen molar-refractivity contribution in [3.05, 3.63) is 29.8 Å². The van der Waals surface area contributed by atoms with Gasteiger partial charge in [-0.2, -0.15) is 0 Å². The van der Waals surface area contributed by atoms with Gasteiger partial charge in [0.1, 0.15) is 0 Å². The molecule has 19 heavy (non-hydrogen) atoms. The van der Waals surface area contributed by atoms with Gasteiger partial charge in [-0.25, -0.2) is 9.79 Å². The third kappa shape index (κ3) is 2.63. The molecule has 3 N–H and O–H groups in total. The van der Waals surface area contributed by atoms with Crippen LogP contribution in [-0.4, -0.2) is 33.7 Å². The molecular weight excluding hydrogens is 270 g/mol. The minimum Gasteiger partial charge on any atom is -0.478 e. The van der Waals surface area contributed by atoms with Crippen LogP contribution >= 0.6 is 12.2 Å². The maximum Gasteiger partial charge on any atom is 0.337 e. The summed E-state index contributed by atoms with van der Waals surface area (Å²) in [4.78, 5) is 37.9. The van der Waals surface area contributed by atoms with Crippen LogP contribution in [-0.2, 0) is 9.59 Å². The predicted octanol–water partition coefficient (Wildman–Crippen LogP) is -0.0118. The molecule has 0 aliphatic carbocycles. The summed E-state index contributed by atoms with van der Waals surface area (Å²) in [6.45, 7) is 0. The first-order valence-electron chi connectivity index (χ1n) is 5.06. The van der Waals surface area contributed by atoms with Crippen molar-refractivity contribution in [2.45, 2.75) is 0 Å². The Bertz CT molecular complexity index is 617. The normalized spacial score (nSPS) is 14.7. The standard InChI is InChI=1S/C11H7N3O4S/c15-8-7(9(16)14-11(19)13-8)12-6-4-2-1-3-5(6)10(17)18/h1-4H,(H,17,18)(H2,13,14,15,16,19). The highest BCUT2D eigenvalue weighted by Crippen LogP contribution is 2.19. The SMILES string of the molecule is O=C1NC(=S)NC(=O)C1=Nc1ccccc1C(=O)O. The first-order valence-corrected chi connectivity index (χ1v) is 5.47. The van der Waals surface area contributed by atoms with Crippen molar-refractivity contribution < 1.29 is 19.5 Å². The van der Waals surface area contributed by atoms with E-state index in [-0.39, 0.29) is 16.4 Å². The average molecular weight is 277 g/mol. The molecule has 0 aromatic heterocycles. The van der Waals surface area contributed by atoms with Crippen molar-refractivity contribution >= 4 is 46.5 Å². The highest BCUT2D eigenvalue weighted by Gasteiger charge is 2.28. The number of para-hydroxylation sites is 1. The van der Waals surface area contributed by atoms with Gasteiger partial charge in [-0.15, -0.1) is 0 Å². The van der Waals surface area contributed by atoms with Crippen molar-refractivity contribution in [1.29, 1.82) is 0 Å². The number of aliphatic imine (C=N–C) groups is 1. The lowest BCUT2D eigenvalue weighted by atomic mass is 10.1. The highest BCUT2D eigenvalue weighted by molar-refractivity contribution is 7.80. The summed E-state index contributed by atoms with van der Waals surface area (Å²) >= 11 is 4.63. The first-order chi connectivity index (χ1) is 8.99. The zero-order valence-electron chi connectivity index (χ0n) is 9.34. The Hall–Kier alpha value is -2.61. The maximum atomic E-state index is 11.6. The number of carboxylic acids is 1. The molecule has 0 spiro atoms. The van der Waals surface area contributed by atoms with Gasteiger partial charge in [-0.05, 0) is 24.4 Å². The van der Waals surface area contributed by atoms with Crippen LogP contribution in [0.2, 0.25) is 0 Å². The lowest BCUT2D eigenvalue weighted by Crippen LogP contribution is -2.56. The van der Waals surface area contributed by atoms with Crippen molar-refractivity contribution in [2.24, 2.45) is 4.99 Å². The quantitative estimate of drug-likeness (QED) is 0.659. The van der Waals surface area contributed by atoms with E-state index in [2.05, 4.69) is 27.8 Å². The predicted molar refractivity (Wildman–Crippen MR) is 69.4 cm³/mol. The number of carbonyl (C=O) groups is 3. The summed E-state index contributed by atoms with van der Waals surface area (Å²) < 4.78 is 0. The number of benzene rings is 1. The summed E-state index contributed by atoms with van der Waals surface area (Å²) in [7, 11) is 0. The third-order valence-corrected chi connectivity index (χ3v) is 2.46. The zero-order valence-corrected chi connectivity index (χ0v) is 10.2. The molecule has 2 rings (SSSR count). The molecule has 0 unspecified atom stereocenters. The molecule has 1 aliphatic rings. The Labute approximate surface area is 112 Å². The lowest BCUT2D eigenvalue weighted by molar-refractivity contribution is -0.118. The number of hydrogen-bond acceptors (Lipinski definition) is 5. The van der Waals surface area contributed by atoms with E-state index < -0.39 is 23.5 Å². The third-order valence-electron chi connectivity index (χ3n) is 2.25. The topological polar surface area (TPSA) is 108 Å². The second-order valence-corrected chi connectivity index (χ2v) is 3.93. The molecule has 0 saturated carbocycles. The van der Waals surface area contributed by atoms with Gasteiger partial charge >= 0.3 is 5.97 Å². The van der Waals surface area contributed by atoms with Crippen LogP contribution in [0.5, 0.6) is 0 Å². The number of carbonyl (C=O) groups excluding carboxylic acids is 2. The summed E-state index contributed by atoms with van der Waals surface area (Å²) in [6, 6.07) is 5.79. The van der Waals surface area contributed by atoms with Crippen LogP contribution in [0.15, 0.2) is 29.3 Å². The molecule has 0 bridgehead atoms. The van der Waals surface area contributed by atoms with E-state index in [0.29, 0.717) is 0 Å². The van der Waals surface area contributed by atoms with Gasteiger partial charge in [0.2, 0.25) is 0 Å². The minimum absolute atomic E-state index is 0.0168. The van der Waals surface area contributed by atoms with E-state index in [0.717, 1.165) is 0 Å². The van der Waals surface area contributed by atoms with Crippen LogP contribution in [0.4, 0.5) is 5.69 Å². The van der Waals surface area contributed by atoms with Gasteiger partial charge in [0.05, 0.1) is 11.3 Å². The van der Waals surface area contributed by atoms with Gasteiger partial charge in [-0.3, -0.25) is 20.2 Å². The molecule has 1 heterocycles. The molecule has 1 fully saturated rings. The molecule has 1 aromatic rings. The van der Waals surface area contributed by atoms with Crippen LogP contribution < -0.4 is 10.6 Å². The molecule has 8 heteroatoms. The molecule has 1 aliphatic heterocycles. The number of nitrogens with zero attached hydrogens (tertiary/aromatic N) is 1. The first kappa shape index (κ1) is 12.8. The summed E-state index contributed by atoms with van der Waals surface area (Å²) in [5.41, 5.74) is -0.533. The Morgan fingerprint density at radius 3 is 2.32 bits per heavy atom. The van der Waals surface area contributed by atoms with Crippen molar-refractivity contribution in [1.82, 2.24) is 10.6 Å². The van der Waals surface area contributed by atoms with E-state index in [1.165, 1.54) is 18.2 Å². The van der Waals surface area contributed by atoms with E-state index in [4.69, 9.17) is 5.11 Å². The lowest BCUT2D eigenvalue weighted by Gasteiger charge is -2.15. The molecule has 2 amide bonds. The Balaban J connectivity index is 2.46. The Kier molecular flexibility index (Phi) is 3.34. The number of aromatic carboxylic acids is 1. The largest absolute Gasteiger partial charge is 0.478 e. The molecule has 7 nitrogen and oxygen atoms in total. The van der Waals surface area contributed by atoms with E-state index in [1.807, 2.05) is 0 Å². The van der Waals surface area contributed by atoms with Gasteiger partial charge in [0.15, 0.2) is 10.8 Å². The second kappa shape index (κ2) is 4.94. The monoisotopic (exact) mass is 277 g/mol.